The van der Waals surface area contributed by atoms with E-state index in [4.69, 9.17) is 0 Å². The number of carbonyl (C=O) groups excluding carboxylic acids is 3. The van der Waals surface area contributed by atoms with E-state index in [0.717, 1.165) is 24.3 Å². The monoisotopic (exact) mass is 443 g/mol. The quantitative estimate of drug-likeness (QED) is 0.651. The number of hydrogen-bond donors (Lipinski definition) is 2. The minimum atomic E-state index is -4.49. The number of nitrogens with one attached hydrogen (secondary N) is 1. The van der Waals surface area contributed by atoms with Gasteiger partial charge in [0.25, 0.3) is 5.91 Å². The van der Waals surface area contributed by atoms with E-state index in [1.165, 1.54) is 18.2 Å². The average molecular weight is 443 g/mol. The van der Waals surface area contributed by atoms with Gasteiger partial charge >= 0.3 is 6.18 Å². The zero-order chi connectivity index (χ0) is 23.8. The first-order valence-electron chi connectivity index (χ1n) is 9.67. The largest absolute Gasteiger partial charge is 0.507 e. The van der Waals surface area contributed by atoms with E-state index in [2.05, 4.69) is 5.32 Å². The van der Waals surface area contributed by atoms with Crippen LogP contribution in [-0.2, 0) is 22.2 Å². The molecule has 0 aromatic heterocycles. The molecule has 32 heavy (non-hydrogen) atoms. The van der Waals surface area contributed by atoms with Crippen LogP contribution in [0.4, 0.5) is 18.9 Å². The van der Waals surface area contributed by atoms with Crippen molar-refractivity contribution >= 4 is 23.2 Å². The van der Waals surface area contributed by atoms with Gasteiger partial charge in [0.1, 0.15) is 5.75 Å². The topological polar surface area (TPSA) is 83.5 Å². The molecule has 1 aliphatic carbocycles. The molecule has 8 heteroatoms. The molecule has 1 amide bonds. The lowest BCUT2D eigenvalue weighted by molar-refractivity contribution is -0.137. The number of Topliss-reactive ketones (excluding diaryl/α,β-unsaturated/α-hetero) is 2. The lowest BCUT2D eigenvalue weighted by atomic mass is 9.83. The first-order valence-corrected chi connectivity index (χ1v) is 9.67. The molecular formula is C24H20F3NO4. The highest BCUT2D eigenvalue weighted by atomic mass is 19.4. The van der Waals surface area contributed by atoms with Crippen molar-refractivity contribution in [2.75, 3.05) is 5.32 Å². The van der Waals surface area contributed by atoms with Crippen LogP contribution in [0.25, 0.3) is 0 Å². The first-order chi connectivity index (χ1) is 14.9. The summed E-state index contributed by atoms with van der Waals surface area (Å²) in [5.41, 5.74) is 1.10. The third-order valence-corrected chi connectivity index (χ3v) is 5.47. The molecule has 0 unspecified atom stereocenters. The van der Waals surface area contributed by atoms with Crippen LogP contribution in [-0.4, -0.2) is 22.6 Å². The molecule has 0 heterocycles. The number of halogens is 3. The Morgan fingerprint density at radius 2 is 1.50 bits per heavy atom. The van der Waals surface area contributed by atoms with Gasteiger partial charge in [0, 0.05) is 34.4 Å². The Morgan fingerprint density at radius 3 is 2.09 bits per heavy atom. The van der Waals surface area contributed by atoms with Crippen LogP contribution in [0.3, 0.4) is 0 Å². The molecule has 0 atom stereocenters. The molecule has 0 saturated carbocycles. The fraction of sp³-hybridized carbons (Fsp3) is 0.208. The molecule has 1 aliphatic rings. The van der Waals surface area contributed by atoms with Crippen LogP contribution in [0.2, 0.25) is 0 Å². The van der Waals surface area contributed by atoms with Gasteiger partial charge in [-0.05, 0) is 62.7 Å². The summed E-state index contributed by atoms with van der Waals surface area (Å²) in [6, 6.07) is 8.10. The fourth-order valence-corrected chi connectivity index (χ4v) is 3.39. The number of rotatable bonds is 4. The highest BCUT2D eigenvalue weighted by Gasteiger charge is 2.30. The Balaban J connectivity index is 1.84. The van der Waals surface area contributed by atoms with Crippen molar-refractivity contribution in [2.24, 2.45) is 0 Å². The molecule has 0 fully saturated rings. The van der Waals surface area contributed by atoms with Gasteiger partial charge in [-0.3, -0.25) is 14.4 Å². The van der Waals surface area contributed by atoms with Crippen molar-refractivity contribution in [1.29, 1.82) is 0 Å². The second-order valence-electron chi connectivity index (χ2n) is 7.57. The Morgan fingerprint density at radius 1 is 0.906 bits per heavy atom. The third kappa shape index (κ3) is 4.49. The van der Waals surface area contributed by atoms with Gasteiger partial charge in [-0.2, -0.15) is 13.2 Å². The molecule has 0 aliphatic heterocycles. The normalized spacial score (nSPS) is 14.8. The van der Waals surface area contributed by atoms with Crippen molar-refractivity contribution in [1.82, 2.24) is 0 Å². The van der Waals surface area contributed by atoms with E-state index in [-0.39, 0.29) is 35.0 Å². The van der Waals surface area contributed by atoms with Gasteiger partial charge in [0.15, 0.2) is 11.6 Å². The zero-order valence-corrected chi connectivity index (χ0v) is 17.6. The number of allylic oxidation sites excluding steroid dienone is 4. The van der Waals surface area contributed by atoms with E-state index in [0.29, 0.717) is 27.9 Å². The number of phenols is 1. The van der Waals surface area contributed by atoms with Crippen LogP contribution >= 0.6 is 0 Å². The summed E-state index contributed by atoms with van der Waals surface area (Å²) in [6.07, 6.45) is -4.41. The molecule has 2 aromatic rings. The number of hydrogen-bond acceptors (Lipinski definition) is 4. The summed E-state index contributed by atoms with van der Waals surface area (Å²) in [7, 11) is 0. The molecule has 2 N–H and O–H groups in total. The maximum atomic E-state index is 12.7. The number of carbonyl (C=O) groups is 3. The Bertz CT molecular complexity index is 1190. The summed E-state index contributed by atoms with van der Waals surface area (Å²) < 4.78 is 38.1. The molecule has 0 saturated heterocycles. The Labute approximate surface area is 182 Å². The fourth-order valence-electron chi connectivity index (χ4n) is 3.39. The summed E-state index contributed by atoms with van der Waals surface area (Å²) in [5.74, 6) is -1.52. The predicted octanol–water partition coefficient (Wildman–Crippen LogP) is 5.01. The number of phenolic OH excluding ortho intramolecular Hbond substituents is 1. The second-order valence-corrected chi connectivity index (χ2v) is 7.57. The van der Waals surface area contributed by atoms with Crippen LogP contribution in [0.15, 0.2) is 64.8 Å². The van der Waals surface area contributed by atoms with E-state index in [9.17, 15) is 32.7 Å². The van der Waals surface area contributed by atoms with Crippen LogP contribution in [0.1, 0.15) is 42.3 Å². The molecule has 2 aromatic carbocycles. The van der Waals surface area contributed by atoms with Crippen molar-refractivity contribution in [2.45, 2.75) is 33.4 Å². The molecule has 0 radical (unpaired) electrons. The number of aromatic hydroxyl groups is 1. The van der Waals surface area contributed by atoms with Gasteiger partial charge < -0.3 is 10.4 Å². The van der Waals surface area contributed by atoms with Crippen molar-refractivity contribution in [3.05, 3.63) is 81.4 Å². The van der Waals surface area contributed by atoms with Crippen molar-refractivity contribution in [3.8, 4) is 5.75 Å². The van der Waals surface area contributed by atoms with Crippen LogP contribution in [0.5, 0.6) is 5.75 Å². The molecule has 166 valence electrons. The van der Waals surface area contributed by atoms with Crippen LogP contribution < -0.4 is 5.32 Å². The summed E-state index contributed by atoms with van der Waals surface area (Å²) >= 11 is 0. The first kappa shape index (κ1) is 23.0. The highest BCUT2D eigenvalue weighted by molar-refractivity contribution is 6.24. The molecule has 0 spiro atoms. The SMILES string of the molecule is CC1=C(C)C(=O)C(Cc2ccc(O)c(C(=O)Nc3ccc(C(F)(F)F)cc3)c2)=C(C)C1=O. The second kappa shape index (κ2) is 8.45. The summed E-state index contributed by atoms with van der Waals surface area (Å²) in [6.45, 7) is 4.76. The molecule has 5 nitrogen and oxygen atoms in total. The summed E-state index contributed by atoms with van der Waals surface area (Å²) in [5, 5.41) is 12.6. The van der Waals surface area contributed by atoms with Gasteiger partial charge in [0.05, 0.1) is 11.1 Å². The third-order valence-electron chi connectivity index (χ3n) is 5.47. The van der Waals surface area contributed by atoms with E-state index in [1.807, 2.05) is 0 Å². The number of benzene rings is 2. The highest BCUT2D eigenvalue weighted by Crippen LogP contribution is 2.31. The zero-order valence-electron chi connectivity index (χ0n) is 17.6. The average Bonchev–Trinajstić information content (AvgIpc) is 2.74. The number of ketones is 2. The van der Waals surface area contributed by atoms with E-state index in [1.54, 1.807) is 20.8 Å². The Kier molecular flexibility index (Phi) is 6.07. The molecule has 0 bridgehead atoms. The maximum absolute atomic E-state index is 12.7. The Hall–Kier alpha value is -3.68. The van der Waals surface area contributed by atoms with Crippen molar-refractivity contribution in [3.63, 3.8) is 0 Å². The maximum Gasteiger partial charge on any atom is 0.416 e. The lowest BCUT2D eigenvalue weighted by Gasteiger charge is -2.19. The van der Waals surface area contributed by atoms with Gasteiger partial charge in [-0.1, -0.05) is 6.07 Å². The smallest absolute Gasteiger partial charge is 0.416 e. The van der Waals surface area contributed by atoms with Gasteiger partial charge in [-0.25, -0.2) is 0 Å². The number of anilines is 1. The van der Waals surface area contributed by atoms with Crippen molar-refractivity contribution < 1.29 is 32.7 Å². The number of amides is 1. The minimum Gasteiger partial charge on any atom is -0.507 e. The van der Waals surface area contributed by atoms with E-state index >= 15 is 0 Å². The predicted molar refractivity (Wildman–Crippen MR) is 112 cm³/mol. The number of alkyl halides is 3. The minimum absolute atomic E-state index is 0.0852. The molecule has 3 rings (SSSR count). The lowest BCUT2D eigenvalue weighted by Crippen LogP contribution is -2.22. The summed E-state index contributed by atoms with van der Waals surface area (Å²) in [4.78, 5) is 37.6. The van der Waals surface area contributed by atoms with Crippen LogP contribution in [0, 0.1) is 0 Å². The van der Waals surface area contributed by atoms with E-state index < -0.39 is 17.6 Å². The molecular weight excluding hydrogens is 423 g/mol. The standard InChI is InChI=1S/C24H20F3NO4/c1-12-13(2)22(31)18(14(3)21(12)30)10-15-4-9-20(29)19(11-15)23(32)28-17-7-5-16(6-8-17)24(25,26)27/h4-9,11,29H,10H2,1-3H3,(H,28,32). The van der Waals surface area contributed by atoms with Gasteiger partial charge in [-0.15, -0.1) is 0 Å². The van der Waals surface area contributed by atoms with Gasteiger partial charge in [0.2, 0.25) is 0 Å².